The van der Waals surface area contributed by atoms with Crippen LogP contribution in [0.5, 0.6) is 0 Å². The molecule has 0 saturated heterocycles. The summed E-state index contributed by atoms with van der Waals surface area (Å²) in [5.74, 6) is 0.566. The SMILES string of the molecule is CCCCCC=C(CC)C(=O)OCCCC(C)C. The van der Waals surface area contributed by atoms with Crippen LogP contribution >= 0.6 is 0 Å². The highest BCUT2D eigenvalue weighted by Crippen LogP contribution is 2.10. The smallest absolute Gasteiger partial charge is 0.333 e. The molecule has 0 aromatic heterocycles. The summed E-state index contributed by atoms with van der Waals surface area (Å²) in [7, 11) is 0. The third-order valence-electron chi connectivity index (χ3n) is 3.00. The van der Waals surface area contributed by atoms with E-state index < -0.39 is 0 Å². The van der Waals surface area contributed by atoms with Gasteiger partial charge in [-0.15, -0.1) is 0 Å². The van der Waals surface area contributed by atoms with Gasteiger partial charge in [0.2, 0.25) is 0 Å². The van der Waals surface area contributed by atoms with Crippen LogP contribution in [0.2, 0.25) is 0 Å². The van der Waals surface area contributed by atoms with Crippen molar-refractivity contribution >= 4 is 5.97 Å². The molecular weight excluding hydrogens is 224 g/mol. The Kier molecular flexibility index (Phi) is 10.8. The van der Waals surface area contributed by atoms with E-state index in [4.69, 9.17) is 4.74 Å². The Balaban J connectivity index is 3.87. The Hall–Kier alpha value is -0.790. The molecule has 0 unspecified atom stereocenters. The van der Waals surface area contributed by atoms with Crippen molar-refractivity contribution < 1.29 is 9.53 Å². The van der Waals surface area contributed by atoms with E-state index in [0.717, 1.165) is 31.3 Å². The van der Waals surface area contributed by atoms with Crippen LogP contribution in [0.3, 0.4) is 0 Å². The van der Waals surface area contributed by atoms with Crippen LogP contribution in [-0.4, -0.2) is 12.6 Å². The van der Waals surface area contributed by atoms with Crippen LogP contribution in [0.15, 0.2) is 11.6 Å². The number of hydrogen-bond acceptors (Lipinski definition) is 2. The minimum Gasteiger partial charge on any atom is -0.462 e. The van der Waals surface area contributed by atoms with Crippen molar-refractivity contribution in [1.29, 1.82) is 0 Å². The molecule has 2 nitrogen and oxygen atoms in total. The standard InChI is InChI=1S/C16H30O2/c1-5-7-8-9-12-15(6-2)16(17)18-13-10-11-14(3)4/h12,14H,5-11,13H2,1-4H3. The van der Waals surface area contributed by atoms with Crippen molar-refractivity contribution in [3.63, 3.8) is 0 Å². The molecule has 0 bridgehead atoms. The Labute approximate surface area is 113 Å². The van der Waals surface area contributed by atoms with E-state index in [0.29, 0.717) is 12.5 Å². The molecule has 0 aliphatic rings. The van der Waals surface area contributed by atoms with Crippen LogP contribution < -0.4 is 0 Å². The lowest BCUT2D eigenvalue weighted by Crippen LogP contribution is -2.09. The van der Waals surface area contributed by atoms with Gasteiger partial charge < -0.3 is 4.74 Å². The highest BCUT2D eigenvalue weighted by atomic mass is 16.5. The summed E-state index contributed by atoms with van der Waals surface area (Å²) in [5.41, 5.74) is 0.843. The summed E-state index contributed by atoms with van der Waals surface area (Å²) in [6.45, 7) is 9.14. The van der Waals surface area contributed by atoms with Gasteiger partial charge in [-0.05, 0) is 38.0 Å². The van der Waals surface area contributed by atoms with Crippen LogP contribution in [0.4, 0.5) is 0 Å². The maximum absolute atomic E-state index is 11.8. The second-order valence-corrected chi connectivity index (χ2v) is 5.25. The zero-order chi connectivity index (χ0) is 13.8. The van der Waals surface area contributed by atoms with Gasteiger partial charge in [0.15, 0.2) is 0 Å². The summed E-state index contributed by atoms with van der Waals surface area (Å²) >= 11 is 0. The maximum atomic E-state index is 11.8. The Morgan fingerprint density at radius 2 is 1.89 bits per heavy atom. The lowest BCUT2D eigenvalue weighted by atomic mass is 10.1. The molecule has 0 spiro atoms. The first-order valence-corrected chi connectivity index (χ1v) is 7.47. The second-order valence-electron chi connectivity index (χ2n) is 5.25. The number of rotatable bonds is 10. The van der Waals surface area contributed by atoms with Gasteiger partial charge in [0.1, 0.15) is 0 Å². The molecule has 0 radical (unpaired) electrons. The third kappa shape index (κ3) is 9.26. The van der Waals surface area contributed by atoms with Crippen molar-refractivity contribution in [2.24, 2.45) is 5.92 Å². The van der Waals surface area contributed by atoms with Crippen LogP contribution in [0.25, 0.3) is 0 Å². The fraction of sp³-hybridized carbons (Fsp3) is 0.812. The Bertz CT molecular complexity index is 241. The lowest BCUT2D eigenvalue weighted by Gasteiger charge is -2.08. The predicted molar refractivity (Wildman–Crippen MR) is 77.5 cm³/mol. The first-order valence-electron chi connectivity index (χ1n) is 7.47. The summed E-state index contributed by atoms with van der Waals surface area (Å²) in [5, 5.41) is 0. The molecular formula is C16H30O2. The number of carbonyl (C=O) groups excluding carboxylic acids is 1. The Morgan fingerprint density at radius 3 is 2.44 bits per heavy atom. The average molecular weight is 254 g/mol. The number of allylic oxidation sites excluding steroid dienone is 1. The van der Waals surface area contributed by atoms with Gasteiger partial charge in [0.05, 0.1) is 6.61 Å². The fourth-order valence-corrected chi connectivity index (χ4v) is 1.79. The molecule has 0 aromatic carbocycles. The topological polar surface area (TPSA) is 26.3 Å². The van der Waals surface area contributed by atoms with Gasteiger partial charge in [-0.25, -0.2) is 4.79 Å². The van der Waals surface area contributed by atoms with Crippen LogP contribution in [-0.2, 0) is 9.53 Å². The van der Waals surface area contributed by atoms with Gasteiger partial charge >= 0.3 is 5.97 Å². The normalized spacial score (nSPS) is 11.9. The molecule has 0 atom stereocenters. The molecule has 0 fully saturated rings. The molecule has 18 heavy (non-hydrogen) atoms. The van der Waals surface area contributed by atoms with Crippen LogP contribution in [0.1, 0.15) is 72.6 Å². The molecule has 0 heterocycles. The van der Waals surface area contributed by atoms with Crippen molar-refractivity contribution in [2.45, 2.75) is 72.6 Å². The molecule has 0 amide bonds. The summed E-state index contributed by atoms with van der Waals surface area (Å²) in [6.07, 6.45) is 9.53. The third-order valence-corrected chi connectivity index (χ3v) is 3.00. The molecule has 0 aromatic rings. The molecule has 0 rings (SSSR count). The van der Waals surface area contributed by atoms with Gasteiger partial charge in [-0.2, -0.15) is 0 Å². The quantitative estimate of drug-likeness (QED) is 0.315. The highest BCUT2D eigenvalue weighted by Gasteiger charge is 2.08. The van der Waals surface area contributed by atoms with Crippen molar-refractivity contribution in [2.75, 3.05) is 6.61 Å². The molecule has 106 valence electrons. The molecule has 0 aliphatic heterocycles. The molecule has 2 heteroatoms. The van der Waals surface area contributed by atoms with Crippen LogP contribution in [0, 0.1) is 5.92 Å². The van der Waals surface area contributed by atoms with Crippen molar-refractivity contribution in [3.05, 3.63) is 11.6 Å². The summed E-state index contributed by atoms with van der Waals surface area (Å²) in [6, 6.07) is 0. The van der Waals surface area contributed by atoms with E-state index in [1.54, 1.807) is 0 Å². The fourth-order valence-electron chi connectivity index (χ4n) is 1.79. The zero-order valence-corrected chi connectivity index (χ0v) is 12.6. The van der Waals surface area contributed by atoms with Crippen molar-refractivity contribution in [1.82, 2.24) is 0 Å². The number of carbonyl (C=O) groups is 1. The minimum atomic E-state index is -0.113. The van der Waals surface area contributed by atoms with Gasteiger partial charge in [0.25, 0.3) is 0 Å². The highest BCUT2D eigenvalue weighted by molar-refractivity contribution is 5.88. The predicted octanol–water partition coefficient (Wildman–Crippen LogP) is 4.88. The van der Waals surface area contributed by atoms with Gasteiger partial charge in [-0.3, -0.25) is 0 Å². The van der Waals surface area contributed by atoms with E-state index >= 15 is 0 Å². The number of unbranched alkanes of at least 4 members (excludes halogenated alkanes) is 3. The van der Waals surface area contributed by atoms with E-state index in [1.807, 2.05) is 6.92 Å². The zero-order valence-electron chi connectivity index (χ0n) is 12.6. The van der Waals surface area contributed by atoms with Crippen molar-refractivity contribution in [3.8, 4) is 0 Å². The molecule has 0 aliphatic carbocycles. The second kappa shape index (κ2) is 11.3. The number of ether oxygens (including phenoxy) is 1. The molecule has 0 N–H and O–H groups in total. The van der Waals surface area contributed by atoms with E-state index in [1.165, 1.54) is 19.3 Å². The minimum absolute atomic E-state index is 0.113. The largest absolute Gasteiger partial charge is 0.462 e. The average Bonchev–Trinajstić information content (AvgIpc) is 2.34. The summed E-state index contributed by atoms with van der Waals surface area (Å²) in [4.78, 5) is 11.8. The monoisotopic (exact) mass is 254 g/mol. The first kappa shape index (κ1) is 17.2. The van der Waals surface area contributed by atoms with E-state index in [2.05, 4.69) is 26.8 Å². The van der Waals surface area contributed by atoms with E-state index in [9.17, 15) is 4.79 Å². The number of hydrogen-bond donors (Lipinski definition) is 0. The number of esters is 1. The maximum Gasteiger partial charge on any atom is 0.333 e. The summed E-state index contributed by atoms with van der Waals surface area (Å²) < 4.78 is 5.30. The molecule has 0 saturated carbocycles. The lowest BCUT2D eigenvalue weighted by molar-refractivity contribution is -0.139. The van der Waals surface area contributed by atoms with Gasteiger partial charge in [0, 0.05) is 5.57 Å². The first-order chi connectivity index (χ1) is 8.61. The Morgan fingerprint density at radius 1 is 1.17 bits per heavy atom. The van der Waals surface area contributed by atoms with Gasteiger partial charge in [-0.1, -0.05) is 46.6 Å². The van der Waals surface area contributed by atoms with E-state index in [-0.39, 0.29) is 5.97 Å².